The molecule has 0 bridgehead atoms. The Morgan fingerprint density at radius 3 is 2.41 bits per heavy atom. The molecule has 0 unspecified atom stereocenters. The van der Waals surface area contributed by atoms with Gasteiger partial charge in [0.15, 0.2) is 5.75 Å². The highest BCUT2D eigenvalue weighted by Gasteiger charge is 2.20. The number of benzene rings is 4. The van der Waals surface area contributed by atoms with Gasteiger partial charge in [-0.25, -0.2) is 0 Å². The number of hydrogen-bond donors (Lipinski definition) is 3. The molecule has 0 saturated heterocycles. The molecule has 4 aromatic carbocycles. The van der Waals surface area contributed by atoms with Gasteiger partial charge in [-0.15, -0.1) is 10.2 Å². The molecule has 0 atom stereocenters. The number of amides is 1. The normalized spacial score (nSPS) is 11.7. The lowest BCUT2D eigenvalue weighted by Gasteiger charge is -2.12. The van der Waals surface area contributed by atoms with Crippen LogP contribution in [0, 0.1) is 0 Å². The van der Waals surface area contributed by atoms with Crippen molar-refractivity contribution in [1.29, 1.82) is 0 Å². The number of phenols is 1. The third-order valence-corrected chi connectivity index (χ3v) is 6.87. The van der Waals surface area contributed by atoms with E-state index in [1.807, 2.05) is 0 Å². The number of carbonyl (C=O) groups is 1. The van der Waals surface area contributed by atoms with Crippen molar-refractivity contribution in [3.63, 3.8) is 0 Å². The number of azo groups is 1. The van der Waals surface area contributed by atoms with Gasteiger partial charge in [0.2, 0.25) is 0 Å². The van der Waals surface area contributed by atoms with Crippen molar-refractivity contribution in [1.82, 2.24) is 0 Å². The highest BCUT2D eigenvalue weighted by molar-refractivity contribution is 7.85. The Bertz CT molecular complexity index is 1640. The molecule has 37 heavy (non-hydrogen) atoms. The highest BCUT2D eigenvalue weighted by atomic mass is 35.5. The third-order valence-electron chi connectivity index (χ3n) is 5.63. The first-order chi connectivity index (χ1) is 17.6. The van der Waals surface area contributed by atoms with Crippen LogP contribution < -0.4 is 10.1 Å². The maximum atomic E-state index is 13.1. The van der Waals surface area contributed by atoms with Gasteiger partial charge >= 0.3 is 0 Å². The number of anilines is 1. The molecule has 0 saturated carbocycles. The van der Waals surface area contributed by atoms with Gasteiger partial charge in [0.05, 0.1) is 22.6 Å². The average Bonchev–Trinajstić information content (AvgIpc) is 2.88. The van der Waals surface area contributed by atoms with Crippen LogP contribution >= 0.6 is 11.6 Å². The van der Waals surface area contributed by atoms with E-state index in [0.717, 1.165) is 6.07 Å². The molecule has 0 aliphatic rings. The van der Waals surface area contributed by atoms with Gasteiger partial charge in [-0.05, 0) is 59.8 Å². The van der Waals surface area contributed by atoms with E-state index in [9.17, 15) is 22.9 Å². The summed E-state index contributed by atoms with van der Waals surface area (Å²) in [4.78, 5) is 12.7. The molecule has 0 heterocycles. The lowest BCUT2D eigenvalue weighted by molar-refractivity contribution is 0.102. The predicted octanol–water partition coefficient (Wildman–Crippen LogP) is 6.68. The number of ether oxygens (including phenoxy) is 1. The topological polar surface area (TPSA) is 138 Å². The monoisotopic (exact) mass is 539 g/mol. The molecular weight excluding hydrogens is 518 g/mol. The van der Waals surface area contributed by atoms with E-state index >= 15 is 0 Å². The van der Waals surface area contributed by atoms with Crippen LogP contribution in [-0.2, 0) is 16.5 Å². The Hall–Kier alpha value is -3.99. The lowest BCUT2D eigenvalue weighted by Crippen LogP contribution is -2.12. The van der Waals surface area contributed by atoms with E-state index < -0.39 is 21.8 Å². The molecule has 4 rings (SSSR count). The third kappa shape index (κ3) is 5.56. The highest BCUT2D eigenvalue weighted by Crippen LogP contribution is 2.41. The maximum absolute atomic E-state index is 13.1. The fraction of sp³-hybridized carbons (Fsp3) is 0.115. The number of rotatable bonds is 7. The molecule has 0 radical (unpaired) electrons. The molecule has 11 heteroatoms. The number of nitrogens with one attached hydrogen (secondary N) is 1. The van der Waals surface area contributed by atoms with Crippen LogP contribution in [-0.4, -0.2) is 31.1 Å². The van der Waals surface area contributed by atoms with Crippen molar-refractivity contribution < 1.29 is 27.6 Å². The standard InChI is InChI=1S/C26H22ClN3O6S/c1-3-15-13-22(21(27)14-23(15)37(33,34)35)29-30-24-19-7-5-4-6-16(19)12-20(25(24)31)26(32)28-17-8-10-18(36-2)11-9-17/h4-14,31H,3H2,1-2H3,(H,28,32)(H,33,34,35). The van der Waals surface area contributed by atoms with Crippen LogP contribution in [0.4, 0.5) is 17.1 Å². The van der Waals surface area contributed by atoms with Gasteiger partial charge in [0, 0.05) is 11.1 Å². The van der Waals surface area contributed by atoms with Crippen LogP contribution in [0.1, 0.15) is 22.8 Å². The lowest BCUT2D eigenvalue weighted by atomic mass is 10.0. The number of aryl methyl sites for hydroxylation is 1. The molecule has 1 amide bonds. The van der Waals surface area contributed by atoms with Crippen molar-refractivity contribution in [2.75, 3.05) is 12.4 Å². The number of phenolic OH excluding ortho intramolecular Hbond substituents is 1. The zero-order valence-corrected chi connectivity index (χ0v) is 21.3. The molecule has 0 spiro atoms. The summed E-state index contributed by atoms with van der Waals surface area (Å²) in [6.45, 7) is 1.71. The van der Waals surface area contributed by atoms with E-state index in [0.29, 0.717) is 27.8 Å². The van der Waals surface area contributed by atoms with Crippen molar-refractivity contribution >= 4 is 55.5 Å². The predicted molar refractivity (Wildman–Crippen MR) is 141 cm³/mol. The second-order valence-corrected chi connectivity index (χ2v) is 9.76. The van der Waals surface area contributed by atoms with E-state index in [-0.39, 0.29) is 33.3 Å². The fourth-order valence-corrected chi connectivity index (χ4v) is 4.82. The largest absolute Gasteiger partial charge is 0.505 e. The first-order valence-electron chi connectivity index (χ1n) is 11.0. The zero-order chi connectivity index (χ0) is 26.7. The van der Waals surface area contributed by atoms with Gasteiger partial charge < -0.3 is 15.2 Å². The first kappa shape index (κ1) is 26.1. The van der Waals surface area contributed by atoms with E-state index in [4.69, 9.17) is 16.3 Å². The maximum Gasteiger partial charge on any atom is 0.294 e. The number of aromatic hydroxyl groups is 1. The molecule has 0 aliphatic heterocycles. The molecule has 9 nitrogen and oxygen atoms in total. The van der Waals surface area contributed by atoms with E-state index in [1.54, 1.807) is 61.5 Å². The SMILES string of the molecule is CCc1cc(N=Nc2c(O)c(C(=O)Nc3ccc(OC)cc3)cc3ccccc23)c(Cl)cc1S(=O)(=O)O. The van der Waals surface area contributed by atoms with Gasteiger partial charge in [-0.2, -0.15) is 8.42 Å². The minimum atomic E-state index is -4.48. The van der Waals surface area contributed by atoms with Crippen LogP contribution in [0.25, 0.3) is 10.8 Å². The van der Waals surface area contributed by atoms with Crippen molar-refractivity contribution in [2.24, 2.45) is 10.2 Å². The Balaban J connectivity index is 1.77. The number of carbonyl (C=O) groups excluding carboxylic acids is 1. The number of hydrogen-bond acceptors (Lipinski definition) is 7. The van der Waals surface area contributed by atoms with Crippen LogP contribution in [0.3, 0.4) is 0 Å². The number of fused-ring (bicyclic) bond motifs is 1. The smallest absolute Gasteiger partial charge is 0.294 e. The van der Waals surface area contributed by atoms with E-state index in [2.05, 4.69) is 15.5 Å². The Morgan fingerprint density at radius 2 is 1.76 bits per heavy atom. The summed E-state index contributed by atoms with van der Waals surface area (Å²) in [6, 6.07) is 17.8. The van der Waals surface area contributed by atoms with Crippen molar-refractivity contribution in [3.05, 3.63) is 82.9 Å². The quantitative estimate of drug-likeness (QED) is 0.177. The van der Waals surface area contributed by atoms with Gasteiger partial charge in [0.1, 0.15) is 17.1 Å². The van der Waals surface area contributed by atoms with Gasteiger partial charge in [-0.3, -0.25) is 9.35 Å². The van der Waals surface area contributed by atoms with Crippen LogP contribution in [0.5, 0.6) is 11.5 Å². The Labute approximate surface area is 218 Å². The summed E-state index contributed by atoms with van der Waals surface area (Å²) in [7, 11) is -2.94. The first-order valence-corrected chi connectivity index (χ1v) is 12.9. The molecule has 0 aliphatic carbocycles. The fourth-order valence-electron chi connectivity index (χ4n) is 3.75. The Kier molecular flexibility index (Phi) is 7.44. The minimum Gasteiger partial charge on any atom is -0.505 e. The van der Waals surface area contributed by atoms with Crippen molar-refractivity contribution in [2.45, 2.75) is 18.2 Å². The van der Waals surface area contributed by atoms with Crippen LogP contribution in [0.2, 0.25) is 5.02 Å². The van der Waals surface area contributed by atoms with Crippen LogP contribution in [0.15, 0.2) is 81.9 Å². The summed E-state index contributed by atoms with van der Waals surface area (Å²) in [6.07, 6.45) is 0.282. The average molecular weight is 540 g/mol. The second kappa shape index (κ2) is 10.6. The second-order valence-electron chi connectivity index (χ2n) is 7.97. The van der Waals surface area contributed by atoms with E-state index in [1.165, 1.54) is 13.2 Å². The summed E-state index contributed by atoms with van der Waals surface area (Å²) in [5.74, 6) is -0.327. The molecule has 3 N–H and O–H groups in total. The summed E-state index contributed by atoms with van der Waals surface area (Å²) in [5, 5.41) is 23.2. The number of halogens is 1. The number of methoxy groups -OCH3 is 1. The van der Waals surface area contributed by atoms with Gasteiger partial charge in [0.25, 0.3) is 16.0 Å². The zero-order valence-electron chi connectivity index (χ0n) is 19.8. The summed E-state index contributed by atoms with van der Waals surface area (Å²) < 4.78 is 38.0. The molecule has 190 valence electrons. The summed E-state index contributed by atoms with van der Waals surface area (Å²) >= 11 is 6.22. The van der Waals surface area contributed by atoms with Crippen molar-refractivity contribution in [3.8, 4) is 11.5 Å². The summed E-state index contributed by atoms with van der Waals surface area (Å²) in [5.41, 5.74) is 0.931. The van der Waals surface area contributed by atoms with Gasteiger partial charge in [-0.1, -0.05) is 42.8 Å². The molecule has 0 aromatic heterocycles. The Morgan fingerprint density at radius 1 is 1.05 bits per heavy atom. The minimum absolute atomic E-state index is 0.0227. The molecule has 4 aromatic rings. The molecule has 0 fully saturated rings. The molecular formula is C26H22ClN3O6S. The number of nitrogens with zero attached hydrogens (tertiary/aromatic N) is 2.